The van der Waals surface area contributed by atoms with Crippen LogP contribution in [0.4, 0.5) is 11.5 Å². The van der Waals surface area contributed by atoms with Crippen LogP contribution < -0.4 is 16.0 Å². The largest absolute Gasteiger partial charge is 0.360 e. The van der Waals surface area contributed by atoms with Gasteiger partial charge in [-0.3, -0.25) is 14.4 Å². The maximum Gasteiger partial charge on any atom is 0.272 e. The van der Waals surface area contributed by atoms with Gasteiger partial charge in [0.05, 0.1) is 5.75 Å². The van der Waals surface area contributed by atoms with E-state index in [1.165, 1.54) is 11.8 Å². The first kappa shape index (κ1) is 26.9. The van der Waals surface area contributed by atoms with Gasteiger partial charge in [-0.15, -0.1) is 11.8 Å². The Bertz CT molecular complexity index is 1490. The number of hydrogen-bond acceptors (Lipinski definition) is 6. The van der Waals surface area contributed by atoms with Gasteiger partial charge in [0.2, 0.25) is 5.91 Å². The molecule has 0 spiro atoms. The number of rotatable bonds is 9. The van der Waals surface area contributed by atoms with Crippen LogP contribution in [0.2, 0.25) is 0 Å². The van der Waals surface area contributed by atoms with Crippen LogP contribution in [0.15, 0.2) is 105 Å². The summed E-state index contributed by atoms with van der Waals surface area (Å²) in [5.74, 6) is -0.0262. The Balaban J connectivity index is 1.45. The third kappa shape index (κ3) is 7.92. The highest BCUT2D eigenvalue weighted by Crippen LogP contribution is 2.23. The molecule has 0 unspecified atom stereocenters. The second-order valence-electron chi connectivity index (χ2n) is 8.07. The Kier molecular flexibility index (Phi) is 9.12. The molecule has 1 heterocycles. The zero-order valence-corrected chi connectivity index (χ0v) is 22.6. The van der Waals surface area contributed by atoms with Gasteiger partial charge < -0.3 is 20.5 Å². The lowest BCUT2D eigenvalue weighted by atomic mass is 10.1. The minimum Gasteiger partial charge on any atom is -0.360 e. The third-order valence-electron chi connectivity index (χ3n) is 5.05. The van der Waals surface area contributed by atoms with E-state index in [2.05, 4.69) is 37.0 Å². The molecule has 3 amide bonds. The van der Waals surface area contributed by atoms with Crippen molar-refractivity contribution in [2.45, 2.75) is 11.8 Å². The van der Waals surface area contributed by atoms with Crippen molar-refractivity contribution in [3.05, 3.63) is 112 Å². The predicted octanol–water partition coefficient (Wildman–Crippen LogP) is 5.89. The smallest absolute Gasteiger partial charge is 0.272 e. The Morgan fingerprint density at radius 3 is 2.47 bits per heavy atom. The van der Waals surface area contributed by atoms with E-state index < -0.39 is 11.8 Å². The zero-order chi connectivity index (χ0) is 26.9. The van der Waals surface area contributed by atoms with Crippen LogP contribution in [-0.4, -0.2) is 28.6 Å². The lowest BCUT2D eigenvalue weighted by Crippen LogP contribution is -2.30. The van der Waals surface area contributed by atoms with E-state index in [0.717, 1.165) is 14.9 Å². The first-order valence-electron chi connectivity index (χ1n) is 11.5. The molecule has 0 aliphatic rings. The van der Waals surface area contributed by atoms with Crippen molar-refractivity contribution < 1.29 is 18.9 Å². The van der Waals surface area contributed by atoms with Gasteiger partial charge in [-0.05, 0) is 61.0 Å². The molecule has 0 aliphatic heterocycles. The number of anilines is 2. The topological polar surface area (TPSA) is 113 Å². The summed E-state index contributed by atoms with van der Waals surface area (Å²) in [5.41, 5.74) is 1.76. The first-order chi connectivity index (χ1) is 18.4. The molecule has 8 nitrogen and oxygen atoms in total. The van der Waals surface area contributed by atoms with E-state index in [4.69, 9.17) is 4.52 Å². The highest BCUT2D eigenvalue weighted by molar-refractivity contribution is 9.10. The second-order valence-corrected chi connectivity index (χ2v) is 10.0. The summed E-state index contributed by atoms with van der Waals surface area (Å²) in [6, 6.07) is 24.8. The van der Waals surface area contributed by atoms with Crippen LogP contribution >= 0.6 is 27.7 Å². The summed E-state index contributed by atoms with van der Waals surface area (Å²) < 4.78 is 5.79. The maximum absolute atomic E-state index is 13.3. The molecule has 38 heavy (non-hydrogen) atoms. The molecule has 4 rings (SSSR count). The maximum atomic E-state index is 13.3. The number of thioether (sulfide) groups is 1. The number of aryl methyl sites for hydroxylation is 1. The number of aromatic nitrogens is 1. The van der Waals surface area contributed by atoms with Crippen molar-refractivity contribution in [1.29, 1.82) is 0 Å². The molecule has 0 saturated heterocycles. The molecule has 192 valence electrons. The third-order valence-corrected chi connectivity index (χ3v) is 6.53. The van der Waals surface area contributed by atoms with E-state index in [-0.39, 0.29) is 17.4 Å². The number of benzene rings is 3. The molecule has 0 fully saturated rings. The van der Waals surface area contributed by atoms with Gasteiger partial charge in [0.15, 0.2) is 5.82 Å². The summed E-state index contributed by atoms with van der Waals surface area (Å²) in [7, 11) is 0. The van der Waals surface area contributed by atoms with Crippen LogP contribution in [0.25, 0.3) is 6.08 Å². The van der Waals surface area contributed by atoms with Gasteiger partial charge in [0, 0.05) is 26.7 Å². The average molecular weight is 591 g/mol. The number of hydrogen-bond donors (Lipinski definition) is 3. The standard InChI is InChI=1S/C28H23BrN4O4S/c1-18-13-25(33-37-18)32-26(34)17-38-23-12-6-11-22(16-23)30-28(36)24(15-19-7-5-10-21(29)14-19)31-27(35)20-8-3-2-4-9-20/h2-16H,17H2,1H3,(H,30,36)(H,31,35)(H,32,33,34)/b24-15+. The molecule has 0 atom stereocenters. The van der Waals surface area contributed by atoms with Crippen molar-refractivity contribution in [3.63, 3.8) is 0 Å². The van der Waals surface area contributed by atoms with Gasteiger partial charge in [0.25, 0.3) is 11.8 Å². The molecular formula is C28H23BrN4O4S. The minimum absolute atomic E-state index is 0.0808. The Labute approximate surface area is 232 Å². The van der Waals surface area contributed by atoms with Crippen molar-refractivity contribution in [1.82, 2.24) is 10.5 Å². The average Bonchev–Trinajstić information content (AvgIpc) is 3.32. The highest BCUT2D eigenvalue weighted by atomic mass is 79.9. The van der Waals surface area contributed by atoms with Crippen molar-refractivity contribution in [3.8, 4) is 0 Å². The Morgan fingerprint density at radius 1 is 0.947 bits per heavy atom. The highest BCUT2D eigenvalue weighted by Gasteiger charge is 2.16. The number of nitrogens with zero attached hydrogens (tertiary/aromatic N) is 1. The fraction of sp³-hybridized carbons (Fsp3) is 0.0714. The summed E-state index contributed by atoms with van der Waals surface area (Å²) in [4.78, 5) is 39.1. The predicted molar refractivity (Wildman–Crippen MR) is 152 cm³/mol. The van der Waals surface area contributed by atoms with Crippen LogP contribution in [0.5, 0.6) is 0 Å². The van der Waals surface area contributed by atoms with Crippen LogP contribution in [0.3, 0.4) is 0 Å². The first-order valence-corrected chi connectivity index (χ1v) is 13.2. The summed E-state index contributed by atoms with van der Waals surface area (Å²) in [5, 5.41) is 12.0. The molecule has 4 aromatic rings. The summed E-state index contributed by atoms with van der Waals surface area (Å²) in [6.07, 6.45) is 1.61. The molecular weight excluding hydrogens is 568 g/mol. The lowest BCUT2D eigenvalue weighted by molar-refractivity contribution is -0.114. The number of halogens is 1. The fourth-order valence-corrected chi connectivity index (χ4v) is 4.49. The molecule has 0 bridgehead atoms. The molecule has 3 aromatic carbocycles. The number of carbonyl (C=O) groups excluding carboxylic acids is 3. The van der Waals surface area contributed by atoms with Crippen molar-refractivity contribution >= 4 is 63.0 Å². The lowest BCUT2D eigenvalue weighted by Gasteiger charge is -2.12. The number of nitrogens with one attached hydrogen (secondary N) is 3. The number of carbonyl (C=O) groups is 3. The van der Waals surface area contributed by atoms with E-state index in [1.807, 2.05) is 36.4 Å². The zero-order valence-electron chi connectivity index (χ0n) is 20.2. The second kappa shape index (κ2) is 12.9. The van der Waals surface area contributed by atoms with Crippen LogP contribution in [-0.2, 0) is 9.59 Å². The fourth-order valence-electron chi connectivity index (χ4n) is 3.32. The van der Waals surface area contributed by atoms with Crippen molar-refractivity contribution in [2.75, 3.05) is 16.4 Å². The van der Waals surface area contributed by atoms with Gasteiger partial charge in [0.1, 0.15) is 11.5 Å². The van der Waals surface area contributed by atoms with Crippen LogP contribution in [0, 0.1) is 6.92 Å². The van der Waals surface area contributed by atoms with E-state index in [0.29, 0.717) is 22.8 Å². The molecule has 0 saturated carbocycles. The molecule has 0 radical (unpaired) electrons. The van der Waals surface area contributed by atoms with E-state index in [1.54, 1.807) is 61.5 Å². The molecule has 1 aromatic heterocycles. The van der Waals surface area contributed by atoms with Gasteiger partial charge in [-0.2, -0.15) is 0 Å². The van der Waals surface area contributed by atoms with Gasteiger partial charge in [-0.25, -0.2) is 0 Å². The van der Waals surface area contributed by atoms with Crippen LogP contribution in [0.1, 0.15) is 21.7 Å². The van der Waals surface area contributed by atoms with Gasteiger partial charge in [-0.1, -0.05) is 57.5 Å². The normalized spacial score (nSPS) is 11.1. The monoisotopic (exact) mass is 590 g/mol. The van der Waals surface area contributed by atoms with E-state index in [9.17, 15) is 14.4 Å². The van der Waals surface area contributed by atoms with Gasteiger partial charge >= 0.3 is 0 Å². The molecule has 0 aliphatic carbocycles. The number of amides is 3. The van der Waals surface area contributed by atoms with Crippen molar-refractivity contribution in [2.24, 2.45) is 0 Å². The molecule has 10 heteroatoms. The quantitative estimate of drug-likeness (QED) is 0.165. The molecule has 3 N–H and O–H groups in total. The minimum atomic E-state index is -0.490. The van der Waals surface area contributed by atoms with E-state index >= 15 is 0 Å². The Morgan fingerprint density at radius 2 is 1.74 bits per heavy atom. The summed E-state index contributed by atoms with van der Waals surface area (Å²) >= 11 is 4.73. The summed E-state index contributed by atoms with van der Waals surface area (Å²) in [6.45, 7) is 1.74. The Hall–Kier alpha value is -4.15. The SMILES string of the molecule is Cc1cc(NC(=O)CSc2cccc(NC(=O)/C(=C\c3cccc(Br)c3)NC(=O)c3ccccc3)c2)no1.